The molecule has 2 aromatic rings. The highest BCUT2D eigenvalue weighted by molar-refractivity contribution is 9.09. The SMILES string of the molecule is O=C1c2ccc(-c3ccccc3)cc2C(=O)N1CCCBr. The molecule has 0 saturated carbocycles. The number of halogens is 1. The quantitative estimate of drug-likeness (QED) is 0.626. The molecule has 0 aliphatic carbocycles. The average molecular weight is 344 g/mol. The first kappa shape index (κ1) is 14.0. The van der Waals surface area contributed by atoms with Gasteiger partial charge in [-0.3, -0.25) is 14.5 Å². The molecule has 1 aliphatic rings. The first-order chi connectivity index (χ1) is 10.2. The van der Waals surface area contributed by atoms with Crippen LogP contribution in [0.5, 0.6) is 0 Å². The van der Waals surface area contributed by atoms with Crippen LogP contribution in [0.3, 0.4) is 0 Å². The van der Waals surface area contributed by atoms with Gasteiger partial charge in [-0.15, -0.1) is 0 Å². The number of amides is 2. The van der Waals surface area contributed by atoms with Crippen LogP contribution in [0, 0.1) is 0 Å². The van der Waals surface area contributed by atoms with Gasteiger partial charge in [0, 0.05) is 11.9 Å². The maximum Gasteiger partial charge on any atom is 0.261 e. The lowest BCUT2D eigenvalue weighted by Crippen LogP contribution is -2.30. The molecule has 1 aliphatic heterocycles. The molecule has 0 N–H and O–H groups in total. The van der Waals surface area contributed by atoms with Crippen LogP contribution in [0.2, 0.25) is 0 Å². The third-order valence-electron chi connectivity index (χ3n) is 3.59. The Kier molecular flexibility index (Phi) is 3.88. The van der Waals surface area contributed by atoms with Crippen molar-refractivity contribution < 1.29 is 9.59 Å². The molecule has 0 fully saturated rings. The fraction of sp³-hybridized carbons (Fsp3) is 0.176. The van der Waals surface area contributed by atoms with Gasteiger partial charge in [-0.1, -0.05) is 52.3 Å². The summed E-state index contributed by atoms with van der Waals surface area (Å²) in [6, 6.07) is 15.3. The van der Waals surface area contributed by atoms with Crippen molar-refractivity contribution in [1.82, 2.24) is 4.90 Å². The van der Waals surface area contributed by atoms with Gasteiger partial charge >= 0.3 is 0 Å². The Hall–Kier alpha value is -1.94. The van der Waals surface area contributed by atoms with Gasteiger partial charge in [-0.2, -0.15) is 0 Å². The second-order valence-electron chi connectivity index (χ2n) is 4.93. The minimum absolute atomic E-state index is 0.185. The lowest BCUT2D eigenvalue weighted by Gasteiger charge is -2.11. The minimum Gasteiger partial charge on any atom is -0.274 e. The summed E-state index contributed by atoms with van der Waals surface area (Å²) in [5.41, 5.74) is 3.02. The number of hydrogen-bond acceptors (Lipinski definition) is 2. The molecule has 21 heavy (non-hydrogen) atoms. The Bertz CT molecular complexity index is 697. The molecule has 0 aromatic heterocycles. The summed E-state index contributed by atoms with van der Waals surface area (Å²) in [4.78, 5) is 26.0. The fourth-order valence-corrected chi connectivity index (χ4v) is 2.77. The van der Waals surface area contributed by atoms with Gasteiger partial charge in [0.25, 0.3) is 11.8 Å². The van der Waals surface area contributed by atoms with Crippen LogP contribution in [-0.2, 0) is 0 Å². The Morgan fingerprint density at radius 1 is 0.857 bits per heavy atom. The molecular formula is C17H14BrNO2. The molecule has 106 valence electrons. The number of rotatable bonds is 4. The summed E-state index contributed by atoms with van der Waals surface area (Å²) < 4.78 is 0. The first-order valence-corrected chi connectivity index (χ1v) is 7.96. The van der Waals surface area contributed by atoms with Crippen molar-refractivity contribution in [2.45, 2.75) is 6.42 Å². The van der Waals surface area contributed by atoms with Crippen LogP contribution in [0.1, 0.15) is 27.1 Å². The predicted octanol–water partition coefficient (Wildman–Crippen LogP) is 3.73. The molecule has 0 saturated heterocycles. The summed E-state index contributed by atoms with van der Waals surface area (Å²) in [6.45, 7) is 0.457. The molecule has 0 radical (unpaired) electrons. The van der Waals surface area contributed by atoms with E-state index in [1.807, 2.05) is 42.5 Å². The highest BCUT2D eigenvalue weighted by atomic mass is 79.9. The van der Waals surface area contributed by atoms with Gasteiger partial charge in [-0.05, 0) is 29.7 Å². The summed E-state index contributed by atoms with van der Waals surface area (Å²) in [6.07, 6.45) is 0.761. The Labute approximate surface area is 131 Å². The van der Waals surface area contributed by atoms with Gasteiger partial charge in [0.1, 0.15) is 0 Å². The highest BCUT2D eigenvalue weighted by Crippen LogP contribution is 2.28. The maximum absolute atomic E-state index is 12.4. The number of carbonyl (C=O) groups is 2. The molecule has 4 heteroatoms. The summed E-state index contributed by atoms with van der Waals surface area (Å²) in [5.74, 6) is -0.371. The number of carbonyl (C=O) groups excluding carboxylic acids is 2. The monoisotopic (exact) mass is 343 g/mol. The Morgan fingerprint density at radius 2 is 1.57 bits per heavy atom. The van der Waals surface area contributed by atoms with E-state index in [4.69, 9.17) is 0 Å². The number of imide groups is 1. The van der Waals surface area contributed by atoms with Gasteiger partial charge in [0.15, 0.2) is 0 Å². The summed E-state index contributed by atoms with van der Waals surface area (Å²) >= 11 is 3.32. The van der Waals surface area contributed by atoms with Gasteiger partial charge in [-0.25, -0.2) is 0 Å². The maximum atomic E-state index is 12.4. The van der Waals surface area contributed by atoms with Crippen molar-refractivity contribution in [3.8, 4) is 11.1 Å². The number of fused-ring (bicyclic) bond motifs is 1. The largest absolute Gasteiger partial charge is 0.274 e. The standard InChI is InChI=1S/C17H14BrNO2/c18-9-4-10-19-16(20)14-8-7-13(11-15(14)17(19)21)12-5-2-1-3-6-12/h1-3,5-8,11H,4,9-10H2. The van der Waals surface area contributed by atoms with E-state index >= 15 is 0 Å². The predicted molar refractivity (Wildman–Crippen MR) is 85.7 cm³/mol. The molecule has 2 amide bonds. The van der Waals surface area contributed by atoms with Crippen molar-refractivity contribution in [2.75, 3.05) is 11.9 Å². The molecule has 0 bridgehead atoms. The zero-order chi connectivity index (χ0) is 14.8. The average Bonchev–Trinajstić information content (AvgIpc) is 2.77. The lowest BCUT2D eigenvalue weighted by molar-refractivity contribution is 0.0655. The zero-order valence-corrected chi connectivity index (χ0v) is 13.0. The second-order valence-corrected chi connectivity index (χ2v) is 5.72. The van der Waals surface area contributed by atoms with Gasteiger partial charge in [0.05, 0.1) is 11.1 Å². The molecule has 2 aromatic carbocycles. The van der Waals surface area contributed by atoms with E-state index in [1.54, 1.807) is 6.07 Å². The normalized spacial score (nSPS) is 13.7. The van der Waals surface area contributed by atoms with Crippen LogP contribution in [0.15, 0.2) is 48.5 Å². The summed E-state index contributed by atoms with van der Waals surface area (Å²) in [7, 11) is 0. The van der Waals surface area contributed by atoms with E-state index in [1.165, 1.54) is 4.90 Å². The highest BCUT2D eigenvalue weighted by Gasteiger charge is 2.35. The van der Waals surface area contributed by atoms with Crippen LogP contribution < -0.4 is 0 Å². The van der Waals surface area contributed by atoms with E-state index in [2.05, 4.69) is 15.9 Å². The number of benzene rings is 2. The van der Waals surface area contributed by atoms with E-state index in [-0.39, 0.29) is 11.8 Å². The molecule has 0 spiro atoms. The van der Waals surface area contributed by atoms with Gasteiger partial charge in [0.2, 0.25) is 0 Å². The van der Waals surface area contributed by atoms with E-state index in [0.29, 0.717) is 17.7 Å². The number of hydrogen-bond donors (Lipinski definition) is 0. The zero-order valence-electron chi connectivity index (χ0n) is 11.4. The van der Waals surface area contributed by atoms with Gasteiger partial charge < -0.3 is 0 Å². The smallest absolute Gasteiger partial charge is 0.261 e. The third-order valence-corrected chi connectivity index (χ3v) is 4.15. The van der Waals surface area contributed by atoms with E-state index in [0.717, 1.165) is 22.9 Å². The summed E-state index contributed by atoms with van der Waals surface area (Å²) in [5, 5.41) is 0.773. The topological polar surface area (TPSA) is 37.4 Å². The first-order valence-electron chi connectivity index (χ1n) is 6.84. The van der Waals surface area contributed by atoms with E-state index < -0.39 is 0 Å². The number of nitrogens with zero attached hydrogens (tertiary/aromatic N) is 1. The van der Waals surface area contributed by atoms with Crippen molar-refractivity contribution in [3.05, 3.63) is 59.7 Å². The van der Waals surface area contributed by atoms with Crippen molar-refractivity contribution in [3.63, 3.8) is 0 Å². The van der Waals surface area contributed by atoms with Crippen molar-refractivity contribution in [1.29, 1.82) is 0 Å². The molecule has 1 heterocycles. The fourth-order valence-electron chi connectivity index (χ4n) is 2.52. The van der Waals surface area contributed by atoms with E-state index in [9.17, 15) is 9.59 Å². The van der Waals surface area contributed by atoms with Crippen molar-refractivity contribution >= 4 is 27.7 Å². The molecular weight excluding hydrogens is 330 g/mol. The Morgan fingerprint density at radius 3 is 2.29 bits per heavy atom. The molecule has 3 nitrogen and oxygen atoms in total. The molecule has 0 atom stereocenters. The van der Waals surface area contributed by atoms with Crippen LogP contribution >= 0.6 is 15.9 Å². The minimum atomic E-state index is -0.186. The molecule has 0 unspecified atom stereocenters. The third kappa shape index (κ3) is 2.51. The molecule has 3 rings (SSSR count). The van der Waals surface area contributed by atoms with Crippen molar-refractivity contribution in [2.24, 2.45) is 0 Å². The lowest BCUT2D eigenvalue weighted by atomic mass is 10.0. The second kappa shape index (κ2) is 5.82. The Balaban J connectivity index is 1.97. The van der Waals surface area contributed by atoms with Crippen LogP contribution in [0.25, 0.3) is 11.1 Å². The van der Waals surface area contributed by atoms with Crippen LogP contribution in [0.4, 0.5) is 0 Å². The number of alkyl halides is 1. The van der Waals surface area contributed by atoms with Crippen LogP contribution in [-0.4, -0.2) is 28.6 Å².